The maximum Gasteiger partial charge on any atom is 0.306 e. The van der Waals surface area contributed by atoms with Crippen LogP contribution in [0.3, 0.4) is 0 Å². The predicted octanol–water partition coefficient (Wildman–Crippen LogP) is 10.3. The summed E-state index contributed by atoms with van der Waals surface area (Å²) in [5.74, 6) is 5.34. The molecule has 0 N–H and O–H groups in total. The van der Waals surface area contributed by atoms with Crippen molar-refractivity contribution in [1.82, 2.24) is 0 Å². The standard InChI is InChI=1S/C35H60O2/c1-7-8-9-10-11-15-33(36)37-28-20-22-34(5)27(24-28)16-17-29-31-19-18-30(26(4)14-12-13-25(2)3)35(31,6)23-21-32(29)34/h16,25-26,28-32H,7-15,17-24H2,1-6H3/t26-,28+,29+,30-,31+,32+,34+,35-/m1/s1/i15+1,33+1. The molecule has 0 spiro atoms. The summed E-state index contributed by atoms with van der Waals surface area (Å²) in [5, 5.41) is 0. The number of esters is 1. The Balaban J connectivity index is 1.34. The number of ether oxygens (including phenoxy) is 1. The number of unbranched alkanes of at least 4 members (excludes halogenated alkanes) is 4. The van der Waals surface area contributed by atoms with Gasteiger partial charge in [0.25, 0.3) is 0 Å². The molecule has 0 aliphatic heterocycles. The van der Waals surface area contributed by atoms with Crippen LogP contribution < -0.4 is 0 Å². The molecule has 4 aliphatic rings. The summed E-state index contributed by atoms with van der Waals surface area (Å²) in [6.45, 7) is 14.9. The topological polar surface area (TPSA) is 26.3 Å². The van der Waals surface area contributed by atoms with Gasteiger partial charge in [-0.1, -0.05) is 98.1 Å². The molecular formula is C35H60O2. The van der Waals surface area contributed by atoms with E-state index in [9.17, 15) is 4.79 Å². The highest BCUT2D eigenvalue weighted by molar-refractivity contribution is 5.69. The van der Waals surface area contributed by atoms with E-state index in [2.05, 4.69) is 47.6 Å². The smallest absolute Gasteiger partial charge is 0.306 e. The minimum absolute atomic E-state index is 0.0485. The Kier molecular flexibility index (Phi) is 9.94. The van der Waals surface area contributed by atoms with Gasteiger partial charge in [-0.25, -0.2) is 0 Å². The first-order valence-corrected chi connectivity index (χ1v) is 16.6. The molecule has 0 unspecified atom stereocenters. The van der Waals surface area contributed by atoms with Crippen LogP contribution in [0.25, 0.3) is 0 Å². The maximum atomic E-state index is 12.5. The quantitative estimate of drug-likeness (QED) is 0.112. The zero-order valence-corrected chi connectivity index (χ0v) is 25.5. The van der Waals surface area contributed by atoms with Crippen molar-refractivity contribution in [3.05, 3.63) is 11.6 Å². The van der Waals surface area contributed by atoms with E-state index in [1.54, 1.807) is 5.57 Å². The molecule has 3 fully saturated rings. The van der Waals surface area contributed by atoms with Crippen LogP contribution >= 0.6 is 0 Å². The Morgan fingerprint density at radius 2 is 1.73 bits per heavy atom. The van der Waals surface area contributed by atoms with Gasteiger partial charge in [-0.05, 0) is 97.7 Å². The number of hydrogen-bond donors (Lipinski definition) is 0. The number of allylic oxidation sites excluding steroid dienone is 1. The summed E-state index contributed by atoms with van der Waals surface area (Å²) in [7, 11) is 0. The molecule has 0 amide bonds. The molecule has 0 saturated heterocycles. The summed E-state index contributed by atoms with van der Waals surface area (Å²) >= 11 is 0. The monoisotopic (exact) mass is 514 g/mol. The molecule has 8 atom stereocenters. The van der Waals surface area contributed by atoms with Crippen molar-refractivity contribution in [3.8, 4) is 0 Å². The predicted molar refractivity (Wildman–Crippen MR) is 156 cm³/mol. The van der Waals surface area contributed by atoms with E-state index in [1.165, 1.54) is 77.0 Å². The van der Waals surface area contributed by atoms with Crippen LogP contribution in [-0.2, 0) is 9.53 Å². The molecule has 4 rings (SSSR count). The van der Waals surface area contributed by atoms with E-state index in [4.69, 9.17) is 4.74 Å². The van der Waals surface area contributed by atoms with Crippen molar-refractivity contribution in [2.45, 2.75) is 157 Å². The van der Waals surface area contributed by atoms with Crippen molar-refractivity contribution in [1.29, 1.82) is 0 Å². The van der Waals surface area contributed by atoms with Gasteiger partial charge < -0.3 is 4.74 Å². The van der Waals surface area contributed by atoms with E-state index in [0.717, 1.165) is 61.2 Å². The molecule has 0 radical (unpaired) electrons. The average Bonchev–Trinajstić information content (AvgIpc) is 3.21. The highest BCUT2D eigenvalue weighted by Crippen LogP contribution is 2.67. The van der Waals surface area contributed by atoms with Gasteiger partial charge in [-0.15, -0.1) is 0 Å². The molecule has 2 heteroatoms. The van der Waals surface area contributed by atoms with Crippen LogP contribution in [-0.4, -0.2) is 12.1 Å². The van der Waals surface area contributed by atoms with Gasteiger partial charge >= 0.3 is 5.97 Å². The molecule has 0 bridgehead atoms. The number of rotatable bonds is 12. The van der Waals surface area contributed by atoms with Crippen molar-refractivity contribution in [2.24, 2.45) is 46.3 Å². The van der Waals surface area contributed by atoms with Gasteiger partial charge in [0.2, 0.25) is 0 Å². The van der Waals surface area contributed by atoms with Crippen molar-refractivity contribution >= 4 is 5.97 Å². The lowest BCUT2D eigenvalue weighted by Crippen LogP contribution is -2.51. The Bertz CT molecular complexity index is 782. The number of hydrogen-bond acceptors (Lipinski definition) is 2. The fraction of sp³-hybridized carbons (Fsp3) is 0.914. The van der Waals surface area contributed by atoms with Crippen LogP contribution in [0.1, 0.15) is 151 Å². The van der Waals surface area contributed by atoms with Crippen molar-refractivity contribution in [2.75, 3.05) is 0 Å². The first-order chi connectivity index (χ1) is 17.7. The molecule has 0 aromatic rings. The zero-order valence-electron chi connectivity index (χ0n) is 25.5. The van der Waals surface area contributed by atoms with Crippen molar-refractivity contribution in [3.63, 3.8) is 0 Å². The van der Waals surface area contributed by atoms with Gasteiger partial charge in [0.05, 0.1) is 0 Å². The summed E-state index contributed by atoms with van der Waals surface area (Å²) in [6, 6.07) is 0. The third kappa shape index (κ3) is 6.35. The van der Waals surface area contributed by atoms with E-state index < -0.39 is 0 Å². The second-order valence-corrected chi connectivity index (χ2v) is 14.8. The first kappa shape index (κ1) is 29.2. The van der Waals surface area contributed by atoms with E-state index in [1.807, 2.05) is 0 Å². The number of carbonyl (C=O) groups excluding carboxylic acids is 1. The van der Waals surface area contributed by atoms with Gasteiger partial charge in [0.1, 0.15) is 6.10 Å². The Morgan fingerprint density at radius 3 is 2.49 bits per heavy atom. The molecule has 3 saturated carbocycles. The second-order valence-electron chi connectivity index (χ2n) is 14.8. The number of fused-ring (bicyclic) bond motifs is 5. The molecule has 37 heavy (non-hydrogen) atoms. The van der Waals surface area contributed by atoms with E-state index in [0.29, 0.717) is 17.3 Å². The fourth-order valence-corrected chi connectivity index (χ4v) is 9.87. The van der Waals surface area contributed by atoms with Crippen LogP contribution in [0.15, 0.2) is 11.6 Å². The molecule has 212 valence electrons. The Hall–Kier alpha value is -0.790. The fourth-order valence-electron chi connectivity index (χ4n) is 9.87. The SMILES string of the molecule is CCCCCC[13CH2][13C](=O)O[C@H]1CC[C@@]2(C)C(=CC[C@H]3[C@@H]4CC[C@H]([C@H](C)CCCC(C)C)[C@@]4(C)CC[C@@H]32)C1. The summed E-state index contributed by atoms with van der Waals surface area (Å²) in [6.07, 6.45) is 23.9. The molecule has 0 aromatic carbocycles. The molecule has 0 aromatic heterocycles. The minimum atomic E-state index is 0.0485. The van der Waals surface area contributed by atoms with Gasteiger partial charge in [0, 0.05) is 12.8 Å². The Morgan fingerprint density at radius 1 is 0.946 bits per heavy atom. The van der Waals surface area contributed by atoms with Crippen LogP contribution in [0, 0.1) is 46.3 Å². The van der Waals surface area contributed by atoms with E-state index >= 15 is 0 Å². The summed E-state index contributed by atoms with van der Waals surface area (Å²) in [4.78, 5) is 12.5. The molecule has 2 nitrogen and oxygen atoms in total. The van der Waals surface area contributed by atoms with Gasteiger partial charge in [-0.3, -0.25) is 4.79 Å². The zero-order chi connectivity index (χ0) is 26.6. The van der Waals surface area contributed by atoms with Crippen molar-refractivity contribution < 1.29 is 9.53 Å². The van der Waals surface area contributed by atoms with Gasteiger partial charge in [-0.2, -0.15) is 0 Å². The third-order valence-corrected chi connectivity index (χ3v) is 12.0. The van der Waals surface area contributed by atoms with E-state index in [-0.39, 0.29) is 12.1 Å². The lowest BCUT2D eigenvalue weighted by Gasteiger charge is -2.58. The lowest BCUT2D eigenvalue weighted by molar-refractivity contribution is -0.151. The Labute approximate surface area is 230 Å². The van der Waals surface area contributed by atoms with Gasteiger partial charge in [0.15, 0.2) is 0 Å². The third-order valence-electron chi connectivity index (χ3n) is 12.0. The molecular weight excluding hydrogens is 454 g/mol. The second kappa shape index (κ2) is 12.6. The van der Waals surface area contributed by atoms with Crippen LogP contribution in [0.4, 0.5) is 0 Å². The highest BCUT2D eigenvalue weighted by atomic mass is 16.6. The van der Waals surface area contributed by atoms with Crippen LogP contribution in [0.5, 0.6) is 0 Å². The largest absolute Gasteiger partial charge is 0.462 e. The normalized spacial score (nSPS) is 37.9. The molecule has 0 heterocycles. The first-order valence-electron chi connectivity index (χ1n) is 16.6. The summed E-state index contributed by atoms with van der Waals surface area (Å²) < 4.78 is 6.02. The molecule has 4 aliphatic carbocycles. The maximum absolute atomic E-state index is 12.5. The number of carbonyl (C=O) groups is 1. The lowest BCUT2D eigenvalue weighted by atomic mass is 9.47. The average molecular weight is 515 g/mol. The minimum Gasteiger partial charge on any atom is -0.462 e. The summed E-state index contributed by atoms with van der Waals surface area (Å²) in [5.41, 5.74) is 2.54. The van der Waals surface area contributed by atoms with Crippen LogP contribution in [0.2, 0.25) is 0 Å². The highest BCUT2D eigenvalue weighted by Gasteiger charge is 2.59.